The van der Waals surface area contributed by atoms with Gasteiger partial charge in [0.2, 0.25) is 0 Å². The van der Waals surface area contributed by atoms with Crippen molar-refractivity contribution < 1.29 is 8.42 Å². The Morgan fingerprint density at radius 1 is 1.55 bits per heavy atom. The van der Waals surface area contributed by atoms with E-state index in [1.54, 1.807) is 6.92 Å². The van der Waals surface area contributed by atoms with E-state index >= 15 is 0 Å². The molecule has 1 rings (SSSR count). The molecule has 0 amide bonds. The molecule has 0 aromatic heterocycles. The highest BCUT2D eigenvalue weighted by atomic mass is 32.2. The molecular formula is C5H13N3O2S. The number of hydrogen-bond donors (Lipinski definition) is 3. The minimum Gasteiger partial charge on any atom is -0.315 e. The van der Waals surface area contributed by atoms with Crippen LogP contribution in [-0.4, -0.2) is 20.6 Å². The number of hydrogen-bond acceptors (Lipinski definition) is 3. The zero-order chi connectivity index (χ0) is 8.48. The van der Waals surface area contributed by atoms with Crippen LogP contribution >= 0.6 is 0 Å². The maximum atomic E-state index is 11.0. The smallest absolute Gasteiger partial charge is 0.278 e. The SMILES string of the molecule is CC(N)NS(=O)(=O)NC1CC1. The first-order chi connectivity index (χ1) is 4.99. The summed E-state index contributed by atoms with van der Waals surface area (Å²) in [6.45, 7) is 1.58. The highest BCUT2D eigenvalue weighted by Crippen LogP contribution is 2.19. The van der Waals surface area contributed by atoms with Crippen LogP contribution in [0.1, 0.15) is 19.8 Å². The van der Waals surface area contributed by atoms with Crippen molar-refractivity contribution in [3.63, 3.8) is 0 Å². The fraction of sp³-hybridized carbons (Fsp3) is 1.00. The topological polar surface area (TPSA) is 84.2 Å². The van der Waals surface area contributed by atoms with Crippen LogP contribution in [0.15, 0.2) is 0 Å². The third-order valence-electron chi connectivity index (χ3n) is 1.24. The quantitative estimate of drug-likeness (QED) is 0.478. The lowest BCUT2D eigenvalue weighted by molar-refractivity contribution is 0.550. The van der Waals surface area contributed by atoms with E-state index in [1.165, 1.54) is 0 Å². The fourth-order valence-corrected chi connectivity index (χ4v) is 1.93. The van der Waals surface area contributed by atoms with E-state index in [2.05, 4.69) is 9.44 Å². The predicted octanol–water partition coefficient (Wildman–Crippen LogP) is -1.12. The van der Waals surface area contributed by atoms with Crippen LogP contribution in [0.3, 0.4) is 0 Å². The Morgan fingerprint density at radius 2 is 2.09 bits per heavy atom. The Bertz CT molecular complexity index is 210. The van der Waals surface area contributed by atoms with E-state index in [1.807, 2.05) is 0 Å². The van der Waals surface area contributed by atoms with Crippen LogP contribution in [0.5, 0.6) is 0 Å². The van der Waals surface area contributed by atoms with Gasteiger partial charge in [-0.3, -0.25) is 0 Å². The number of rotatable bonds is 4. The summed E-state index contributed by atoms with van der Waals surface area (Å²) in [5, 5.41) is 0. The molecule has 1 atom stereocenters. The second kappa shape index (κ2) is 3.06. The van der Waals surface area contributed by atoms with Gasteiger partial charge in [-0.05, 0) is 19.8 Å². The molecule has 0 heterocycles. The highest BCUT2D eigenvalue weighted by molar-refractivity contribution is 7.87. The van der Waals surface area contributed by atoms with Gasteiger partial charge in [-0.1, -0.05) is 0 Å². The zero-order valence-corrected chi connectivity index (χ0v) is 7.19. The molecule has 1 fully saturated rings. The van der Waals surface area contributed by atoms with Gasteiger partial charge in [0.1, 0.15) is 0 Å². The standard InChI is InChI=1S/C5H13N3O2S/c1-4(6)7-11(9,10)8-5-2-3-5/h4-5,7-8H,2-3,6H2,1H3. The Labute approximate surface area is 66.5 Å². The van der Waals surface area contributed by atoms with Crippen molar-refractivity contribution in [2.75, 3.05) is 0 Å². The van der Waals surface area contributed by atoms with Gasteiger partial charge in [0.15, 0.2) is 0 Å². The zero-order valence-electron chi connectivity index (χ0n) is 6.37. The van der Waals surface area contributed by atoms with Crippen molar-refractivity contribution in [1.29, 1.82) is 0 Å². The van der Waals surface area contributed by atoms with Crippen LogP contribution in [-0.2, 0) is 10.2 Å². The molecule has 1 aliphatic rings. The second-order valence-corrected chi connectivity index (χ2v) is 4.28. The first-order valence-corrected chi connectivity index (χ1v) is 5.03. The van der Waals surface area contributed by atoms with Crippen molar-refractivity contribution in [2.24, 2.45) is 5.73 Å². The molecule has 1 aliphatic carbocycles. The van der Waals surface area contributed by atoms with Gasteiger partial charge in [0, 0.05) is 6.04 Å². The van der Waals surface area contributed by atoms with E-state index in [-0.39, 0.29) is 6.04 Å². The molecule has 0 aromatic carbocycles. The van der Waals surface area contributed by atoms with Crippen LogP contribution in [0.25, 0.3) is 0 Å². The highest BCUT2D eigenvalue weighted by Gasteiger charge is 2.26. The Hall–Kier alpha value is -0.170. The molecule has 1 unspecified atom stereocenters. The van der Waals surface area contributed by atoms with E-state index in [9.17, 15) is 8.42 Å². The monoisotopic (exact) mass is 179 g/mol. The molecule has 4 N–H and O–H groups in total. The van der Waals surface area contributed by atoms with Gasteiger partial charge in [-0.25, -0.2) is 0 Å². The number of nitrogens with two attached hydrogens (primary N) is 1. The summed E-state index contributed by atoms with van der Waals surface area (Å²) in [6.07, 6.45) is 1.32. The molecular weight excluding hydrogens is 166 g/mol. The summed E-state index contributed by atoms with van der Waals surface area (Å²) in [5.41, 5.74) is 5.24. The molecule has 5 nitrogen and oxygen atoms in total. The molecule has 0 spiro atoms. The lowest BCUT2D eigenvalue weighted by atomic mass is 10.7. The summed E-state index contributed by atoms with van der Waals surface area (Å²) in [6, 6.07) is 0.131. The molecule has 1 saturated carbocycles. The van der Waals surface area contributed by atoms with Gasteiger partial charge in [-0.2, -0.15) is 17.9 Å². The van der Waals surface area contributed by atoms with Gasteiger partial charge in [0.25, 0.3) is 10.2 Å². The van der Waals surface area contributed by atoms with Gasteiger partial charge in [0.05, 0.1) is 6.17 Å². The molecule has 0 aromatic rings. The van der Waals surface area contributed by atoms with E-state index < -0.39 is 16.4 Å². The Morgan fingerprint density at radius 3 is 2.45 bits per heavy atom. The van der Waals surface area contributed by atoms with Crippen LogP contribution in [0.2, 0.25) is 0 Å². The van der Waals surface area contributed by atoms with Crippen LogP contribution in [0, 0.1) is 0 Å². The normalized spacial score (nSPS) is 21.6. The third kappa shape index (κ3) is 3.66. The Balaban J connectivity index is 2.38. The molecule has 0 radical (unpaired) electrons. The first kappa shape index (κ1) is 8.92. The average molecular weight is 179 g/mol. The van der Waals surface area contributed by atoms with E-state index in [0.717, 1.165) is 12.8 Å². The largest absolute Gasteiger partial charge is 0.315 e. The van der Waals surface area contributed by atoms with Crippen LogP contribution in [0.4, 0.5) is 0 Å². The van der Waals surface area contributed by atoms with Crippen molar-refractivity contribution in [3.05, 3.63) is 0 Å². The molecule has 0 saturated heterocycles. The van der Waals surface area contributed by atoms with Crippen molar-refractivity contribution in [2.45, 2.75) is 32.0 Å². The summed E-state index contributed by atoms with van der Waals surface area (Å²) in [4.78, 5) is 0. The van der Waals surface area contributed by atoms with Crippen molar-refractivity contribution >= 4 is 10.2 Å². The maximum Gasteiger partial charge on any atom is 0.278 e. The molecule has 0 bridgehead atoms. The minimum atomic E-state index is -3.34. The van der Waals surface area contributed by atoms with Gasteiger partial charge >= 0.3 is 0 Å². The number of nitrogens with one attached hydrogen (secondary N) is 2. The van der Waals surface area contributed by atoms with Crippen molar-refractivity contribution in [1.82, 2.24) is 9.44 Å². The molecule has 66 valence electrons. The molecule has 0 aliphatic heterocycles. The van der Waals surface area contributed by atoms with Gasteiger partial charge in [-0.15, -0.1) is 0 Å². The predicted molar refractivity (Wildman–Crippen MR) is 41.9 cm³/mol. The van der Waals surface area contributed by atoms with E-state index in [0.29, 0.717) is 0 Å². The summed E-state index contributed by atoms with van der Waals surface area (Å²) in [5.74, 6) is 0. The Kier molecular flexibility index (Phi) is 2.48. The van der Waals surface area contributed by atoms with Crippen molar-refractivity contribution in [3.8, 4) is 0 Å². The third-order valence-corrected chi connectivity index (χ3v) is 2.57. The summed E-state index contributed by atoms with van der Waals surface area (Å²) >= 11 is 0. The van der Waals surface area contributed by atoms with E-state index in [4.69, 9.17) is 5.73 Å². The lowest BCUT2D eigenvalue weighted by Gasteiger charge is -2.09. The molecule has 6 heteroatoms. The summed E-state index contributed by atoms with van der Waals surface area (Å²) < 4.78 is 26.7. The fourth-order valence-electron chi connectivity index (χ4n) is 0.699. The molecule has 11 heavy (non-hydrogen) atoms. The first-order valence-electron chi connectivity index (χ1n) is 3.55. The van der Waals surface area contributed by atoms with Crippen LogP contribution < -0.4 is 15.2 Å². The maximum absolute atomic E-state index is 11.0. The minimum absolute atomic E-state index is 0.131. The summed E-state index contributed by atoms with van der Waals surface area (Å²) in [7, 11) is -3.34. The lowest BCUT2D eigenvalue weighted by Crippen LogP contribution is -2.46. The van der Waals surface area contributed by atoms with Gasteiger partial charge < -0.3 is 5.73 Å². The average Bonchev–Trinajstić information content (AvgIpc) is 2.43. The second-order valence-electron chi connectivity index (χ2n) is 2.80.